The monoisotopic (exact) mass is 370 g/mol. The number of hydrogen-bond acceptors (Lipinski definition) is 6. The van der Waals surface area contributed by atoms with Crippen LogP contribution in [0.25, 0.3) is 0 Å². The molecule has 1 aliphatic rings. The minimum Gasteiger partial charge on any atom is -0.459 e. The average molecular weight is 370 g/mol. The summed E-state index contributed by atoms with van der Waals surface area (Å²) in [5.74, 6) is -0.754. The summed E-state index contributed by atoms with van der Waals surface area (Å²) in [6.45, 7) is 0.391. The van der Waals surface area contributed by atoms with Crippen LogP contribution in [0.3, 0.4) is 0 Å². The van der Waals surface area contributed by atoms with E-state index in [1.165, 1.54) is 0 Å². The Morgan fingerprint density at radius 2 is 1.15 bits per heavy atom. The molecule has 1 saturated heterocycles. The van der Waals surface area contributed by atoms with Gasteiger partial charge in [-0.2, -0.15) is 0 Å². The first-order valence-corrected chi connectivity index (χ1v) is 8.90. The molecule has 1 aliphatic heterocycles. The van der Waals surface area contributed by atoms with E-state index in [0.717, 1.165) is 0 Å². The van der Waals surface area contributed by atoms with Crippen LogP contribution < -0.4 is 0 Å². The van der Waals surface area contributed by atoms with Gasteiger partial charge in [0.05, 0.1) is 23.3 Å². The number of esters is 2. The SMILES string of the molecule is O=C(OCC1CCC(COC(=O)c2ccccc2)OCO1)c1ccccc1. The predicted molar refractivity (Wildman–Crippen MR) is 97.3 cm³/mol. The van der Waals surface area contributed by atoms with Gasteiger partial charge in [-0.05, 0) is 37.1 Å². The summed E-state index contributed by atoms with van der Waals surface area (Å²) in [5.41, 5.74) is 1.01. The van der Waals surface area contributed by atoms with E-state index in [0.29, 0.717) is 24.0 Å². The number of ether oxygens (including phenoxy) is 4. The Morgan fingerprint density at radius 1 is 0.741 bits per heavy atom. The van der Waals surface area contributed by atoms with Gasteiger partial charge >= 0.3 is 11.9 Å². The minimum absolute atomic E-state index is 0.0705. The second-order valence-electron chi connectivity index (χ2n) is 6.20. The van der Waals surface area contributed by atoms with Gasteiger partial charge in [-0.1, -0.05) is 36.4 Å². The highest BCUT2D eigenvalue weighted by atomic mass is 16.7. The summed E-state index contributed by atoms with van der Waals surface area (Å²) in [6, 6.07) is 17.6. The Kier molecular flexibility index (Phi) is 6.96. The lowest BCUT2D eigenvalue weighted by Crippen LogP contribution is -2.22. The molecule has 2 unspecified atom stereocenters. The lowest BCUT2D eigenvalue weighted by atomic mass is 10.1. The van der Waals surface area contributed by atoms with E-state index in [2.05, 4.69) is 0 Å². The second-order valence-corrected chi connectivity index (χ2v) is 6.20. The Balaban J connectivity index is 1.40. The molecule has 0 amide bonds. The van der Waals surface area contributed by atoms with Gasteiger partial charge < -0.3 is 18.9 Å². The highest BCUT2D eigenvalue weighted by Gasteiger charge is 2.22. The summed E-state index contributed by atoms with van der Waals surface area (Å²) in [5, 5.41) is 0. The molecule has 0 saturated carbocycles. The second kappa shape index (κ2) is 9.85. The summed E-state index contributed by atoms with van der Waals surface area (Å²) in [4.78, 5) is 24.0. The fourth-order valence-corrected chi connectivity index (χ4v) is 2.69. The third-order valence-corrected chi connectivity index (χ3v) is 4.24. The van der Waals surface area contributed by atoms with Crippen molar-refractivity contribution in [1.82, 2.24) is 0 Å². The van der Waals surface area contributed by atoms with Gasteiger partial charge in [0.2, 0.25) is 0 Å². The number of rotatable bonds is 6. The van der Waals surface area contributed by atoms with Crippen LogP contribution in [0.5, 0.6) is 0 Å². The molecule has 0 bridgehead atoms. The Morgan fingerprint density at radius 3 is 1.56 bits per heavy atom. The van der Waals surface area contributed by atoms with E-state index in [9.17, 15) is 9.59 Å². The zero-order valence-corrected chi connectivity index (χ0v) is 14.9. The quantitative estimate of drug-likeness (QED) is 0.727. The van der Waals surface area contributed by atoms with Crippen LogP contribution in [0, 0.1) is 0 Å². The molecule has 0 aliphatic carbocycles. The van der Waals surface area contributed by atoms with Crippen LogP contribution in [0.4, 0.5) is 0 Å². The maximum absolute atomic E-state index is 12.0. The number of benzene rings is 2. The van der Waals surface area contributed by atoms with Gasteiger partial charge in [0.25, 0.3) is 0 Å². The molecule has 142 valence electrons. The molecule has 2 atom stereocenters. The van der Waals surface area contributed by atoms with Crippen molar-refractivity contribution in [1.29, 1.82) is 0 Å². The summed E-state index contributed by atoms with van der Waals surface area (Å²) >= 11 is 0. The smallest absolute Gasteiger partial charge is 0.338 e. The minimum atomic E-state index is -0.377. The molecule has 3 rings (SSSR count). The highest BCUT2D eigenvalue weighted by Crippen LogP contribution is 2.16. The number of carbonyl (C=O) groups is 2. The highest BCUT2D eigenvalue weighted by molar-refractivity contribution is 5.89. The lowest BCUT2D eigenvalue weighted by molar-refractivity contribution is -0.113. The molecule has 0 N–H and O–H groups in total. The lowest BCUT2D eigenvalue weighted by Gasteiger charge is -2.14. The van der Waals surface area contributed by atoms with E-state index < -0.39 is 0 Å². The predicted octanol–water partition coefficient (Wildman–Crippen LogP) is 3.22. The maximum Gasteiger partial charge on any atom is 0.338 e. The van der Waals surface area contributed by atoms with Crippen molar-refractivity contribution in [2.24, 2.45) is 0 Å². The van der Waals surface area contributed by atoms with Crippen LogP contribution in [-0.4, -0.2) is 44.2 Å². The Hall–Kier alpha value is -2.70. The zero-order chi connectivity index (χ0) is 18.9. The summed E-state index contributed by atoms with van der Waals surface area (Å²) in [6.07, 6.45) is 0.811. The third-order valence-electron chi connectivity index (χ3n) is 4.24. The van der Waals surface area contributed by atoms with Gasteiger partial charge in [0.15, 0.2) is 0 Å². The van der Waals surface area contributed by atoms with E-state index in [-0.39, 0.29) is 44.2 Å². The topological polar surface area (TPSA) is 71.1 Å². The molecule has 2 aromatic rings. The fraction of sp³-hybridized carbons (Fsp3) is 0.333. The van der Waals surface area contributed by atoms with E-state index >= 15 is 0 Å². The molecule has 2 aromatic carbocycles. The van der Waals surface area contributed by atoms with E-state index in [4.69, 9.17) is 18.9 Å². The number of carbonyl (C=O) groups excluding carboxylic acids is 2. The zero-order valence-electron chi connectivity index (χ0n) is 14.9. The molecule has 1 heterocycles. The van der Waals surface area contributed by atoms with Gasteiger partial charge in [-0.25, -0.2) is 9.59 Å². The molecule has 0 aromatic heterocycles. The maximum atomic E-state index is 12.0. The molecule has 6 nitrogen and oxygen atoms in total. The number of hydrogen-bond donors (Lipinski definition) is 0. The first-order valence-electron chi connectivity index (χ1n) is 8.90. The van der Waals surface area contributed by atoms with Gasteiger partial charge in [-0.3, -0.25) is 0 Å². The van der Waals surface area contributed by atoms with Crippen molar-refractivity contribution in [2.75, 3.05) is 20.0 Å². The molecular weight excluding hydrogens is 348 g/mol. The van der Waals surface area contributed by atoms with E-state index in [1.54, 1.807) is 48.5 Å². The Bertz CT molecular complexity index is 667. The van der Waals surface area contributed by atoms with Crippen molar-refractivity contribution in [3.63, 3.8) is 0 Å². The standard InChI is InChI=1S/C21H22O6/c22-20(16-7-3-1-4-8-16)24-13-18-11-12-19(27-15-26-18)14-25-21(23)17-9-5-2-6-10-17/h1-10,18-19H,11-15H2. The Labute approximate surface area is 158 Å². The summed E-state index contributed by atoms with van der Waals surface area (Å²) < 4.78 is 21.8. The third kappa shape index (κ3) is 5.91. The van der Waals surface area contributed by atoms with Crippen molar-refractivity contribution in [3.05, 3.63) is 71.8 Å². The van der Waals surface area contributed by atoms with Crippen molar-refractivity contribution >= 4 is 11.9 Å². The van der Waals surface area contributed by atoms with Crippen molar-refractivity contribution < 1.29 is 28.5 Å². The molecule has 27 heavy (non-hydrogen) atoms. The molecule has 0 radical (unpaired) electrons. The van der Waals surface area contributed by atoms with Crippen LogP contribution in [0.1, 0.15) is 33.6 Å². The first-order chi connectivity index (χ1) is 13.2. The van der Waals surface area contributed by atoms with Crippen molar-refractivity contribution in [2.45, 2.75) is 25.0 Å². The largest absolute Gasteiger partial charge is 0.459 e. The van der Waals surface area contributed by atoms with Gasteiger partial charge in [0, 0.05) is 0 Å². The van der Waals surface area contributed by atoms with Crippen LogP contribution in [-0.2, 0) is 18.9 Å². The van der Waals surface area contributed by atoms with E-state index in [1.807, 2.05) is 12.1 Å². The van der Waals surface area contributed by atoms with Crippen LogP contribution in [0.15, 0.2) is 60.7 Å². The van der Waals surface area contributed by atoms with Crippen LogP contribution in [0.2, 0.25) is 0 Å². The molecule has 1 fully saturated rings. The molecular formula is C21H22O6. The molecule has 0 spiro atoms. The van der Waals surface area contributed by atoms with Gasteiger partial charge in [-0.15, -0.1) is 0 Å². The molecule has 6 heteroatoms. The summed E-state index contributed by atoms with van der Waals surface area (Å²) in [7, 11) is 0. The first kappa shape index (κ1) is 19.1. The average Bonchev–Trinajstić information content (AvgIpc) is 2.96. The fourth-order valence-electron chi connectivity index (χ4n) is 2.69. The normalized spacial score (nSPS) is 19.7. The van der Waals surface area contributed by atoms with Gasteiger partial charge in [0.1, 0.15) is 20.0 Å². The van der Waals surface area contributed by atoms with Crippen LogP contribution >= 0.6 is 0 Å². The van der Waals surface area contributed by atoms with Crippen molar-refractivity contribution in [3.8, 4) is 0 Å².